The molecule has 0 radical (unpaired) electrons. The van der Waals surface area contributed by atoms with Crippen LogP contribution in [0.15, 0.2) is 48.5 Å². The van der Waals surface area contributed by atoms with E-state index in [9.17, 15) is 14.4 Å². The van der Waals surface area contributed by atoms with Crippen LogP contribution in [0.5, 0.6) is 0 Å². The van der Waals surface area contributed by atoms with Crippen molar-refractivity contribution in [1.29, 1.82) is 0 Å². The fraction of sp³-hybridized carbons (Fsp3) is 0.464. The van der Waals surface area contributed by atoms with Crippen LogP contribution >= 0.6 is 0 Å². The topological polar surface area (TPSA) is 105 Å². The maximum atomic E-state index is 13.1. The van der Waals surface area contributed by atoms with Crippen molar-refractivity contribution in [3.63, 3.8) is 0 Å². The van der Waals surface area contributed by atoms with Crippen LogP contribution in [0.2, 0.25) is 0 Å². The number of rotatable bonds is 11. The molecular formula is C28H36N2O5. The summed E-state index contributed by atoms with van der Waals surface area (Å²) in [5, 5.41) is 14.8. The van der Waals surface area contributed by atoms with Gasteiger partial charge in [-0.05, 0) is 46.9 Å². The molecule has 35 heavy (non-hydrogen) atoms. The zero-order valence-corrected chi connectivity index (χ0v) is 21.0. The molecule has 0 bridgehead atoms. The van der Waals surface area contributed by atoms with Crippen LogP contribution in [0.1, 0.15) is 64.0 Å². The predicted molar refractivity (Wildman–Crippen MR) is 135 cm³/mol. The Hall–Kier alpha value is -3.35. The van der Waals surface area contributed by atoms with E-state index in [1.165, 1.54) is 0 Å². The Morgan fingerprint density at radius 2 is 1.51 bits per heavy atom. The van der Waals surface area contributed by atoms with Crippen LogP contribution in [0.25, 0.3) is 11.1 Å². The van der Waals surface area contributed by atoms with E-state index in [2.05, 4.69) is 34.9 Å². The number of carboxylic acids is 1. The number of carbonyl (C=O) groups excluding carboxylic acids is 2. The summed E-state index contributed by atoms with van der Waals surface area (Å²) in [5.74, 6) is -1.39. The molecule has 3 N–H and O–H groups in total. The van der Waals surface area contributed by atoms with Gasteiger partial charge in [0.2, 0.25) is 5.91 Å². The molecule has 0 aromatic heterocycles. The second kappa shape index (κ2) is 11.4. The Morgan fingerprint density at radius 3 is 2.00 bits per heavy atom. The summed E-state index contributed by atoms with van der Waals surface area (Å²) in [4.78, 5) is 37.2. The van der Waals surface area contributed by atoms with Gasteiger partial charge in [-0.2, -0.15) is 0 Å². The molecule has 0 saturated carbocycles. The highest BCUT2D eigenvalue weighted by molar-refractivity contribution is 5.90. The molecule has 1 aliphatic carbocycles. The summed E-state index contributed by atoms with van der Waals surface area (Å²) in [5.41, 5.74) is 3.40. The van der Waals surface area contributed by atoms with E-state index < -0.39 is 17.6 Å². The monoisotopic (exact) mass is 480 g/mol. The van der Waals surface area contributed by atoms with Crippen molar-refractivity contribution >= 4 is 18.0 Å². The Labute approximate surface area is 207 Å². The highest BCUT2D eigenvalue weighted by atomic mass is 16.5. The first-order chi connectivity index (χ1) is 16.7. The lowest BCUT2D eigenvalue weighted by Crippen LogP contribution is -2.59. The summed E-state index contributed by atoms with van der Waals surface area (Å²) in [7, 11) is 0. The standard InChI is InChI=1S/C28H36N2O5/c1-5-28(6-2,26(33)29-16-19(18(3)4)15-25(31)32)30-27(34)35-17-24-22-13-9-7-11-20(22)21-12-8-10-14-23(21)24/h7-14,18-19,24H,5-6,15-17H2,1-4H3,(H,29,33)(H,30,34)(H,31,32). The first-order valence-corrected chi connectivity index (χ1v) is 12.4. The fourth-order valence-corrected chi connectivity index (χ4v) is 4.80. The molecule has 1 aliphatic rings. The molecule has 2 amide bonds. The third-order valence-electron chi connectivity index (χ3n) is 7.23. The lowest BCUT2D eigenvalue weighted by atomic mass is 9.89. The summed E-state index contributed by atoms with van der Waals surface area (Å²) in [6.07, 6.45) is 0.0928. The number of carbonyl (C=O) groups is 3. The summed E-state index contributed by atoms with van der Waals surface area (Å²) in [6, 6.07) is 16.2. The van der Waals surface area contributed by atoms with Gasteiger partial charge in [0.25, 0.3) is 0 Å². The van der Waals surface area contributed by atoms with Crippen molar-refractivity contribution in [2.45, 2.75) is 58.4 Å². The fourth-order valence-electron chi connectivity index (χ4n) is 4.80. The molecule has 0 fully saturated rings. The molecule has 1 unspecified atom stereocenters. The first kappa shape index (κ1) is 26.3. The number of alkyl carbamates (subject to hydrolysis) is 1. The summed E-state index contributed by atoms with van der Waals surface area (Å²) >= 11 is 0. The van der Waals surface area contributed by atoms with E-state index in [0.717, 1.165) is 22.3 Å². The Bertz CT molecular complexity index is 1020. The SMILES string of the molecule is CCC(CC)(NC(=O)OCC1c2ccccc2-c2ccccc21)C(=O)NCC(CC(=O)O)C(C)C. The van der Waals surface area contributed by atoms with Gasteiger partial charge in [0.05, 0.1) is 6.42 Å². The summed E-state index contributed by atoms with van der Waals surface area (Å²) < 4.78 is 5.66. The second-order valence-corrected chi connectivity index (χ2v) is 9.55. The Kier molecular flexibility index (Phi) is 8.54. The number of nitrogens with one attached hydrogen (secondary N) is 2. The Morgan fingerprint density at radius 1 is 0.971 bits per heavy atom. The van der Waals surface area contributed by atoms with E-state index in [0.29, 0.717) is 12.8 Å². The number of hydrogen-bond donors (Lipinski definition) is 3. The highest BCUT2D eigenvalue weighted by Gasteiger charge is 2.38. The highest BCUT2D eigenvalue weighted by Crippen LogP contribution is 2.44. The smallest absolute Gasteiger partial charge is 0.408 e. The first-order valence-electron chi connectivity index (χ1n) is 12.4. The van der Waals surface area contributed by atoms with Gasteiger partial charge in [-0.3, -0.25) is 9.59 Å². The molecule has 2 aromatic carbocycles. The van der Waals surface area contributed by atoms with Crippen molar-refractivity contribution < 1.29 is 24.2 Å². The molecule has 2 aromatic rings. The number of carboxylic acid groups (broad SMARTS) is 1. The molecule has 7 heteroatoms. The molecule has 3 rings (SSSR count). The molecule has 0 aliphatic heterocycles. The molecule has 0 spiro atoms. The summed E-state index contributed by atoms with van der Waals surface area (Å²) in [6.45, 7) is 7.94. The van der Waals surface area contributed by atoms with Gasteiger partial charge in [0.15, 0.2) is 0 Å². The van der Waals surface area contributed by atoms with Crippen molar-refractivity contribution in [3.8, 4) is 11.1 Å². The van der Waals surface area contributed by atoms with Crippen LogP contribution in [-0.4, -0.2) is 41.8 Å². The van der Waals surface area contributed by atoms with Crippen molar-refractivity contribution in [2.24, 2.45) is 11.8 Å². The van der Waals surface area contributed by atoms with Gasteiger partial charge < -0.3 is 20.5 Å². The lowest BCUT2D eigenvalue weighted by Gasteiger charge is -2.32. The van der Waals surface area contributed by atoms with Crippen LogP contribution in [0.4, 0.5) is 4.79 Å². The van der Waals surface area contributed by atoms with Gasteiger partial charge in [-0.1, -0.05) is 76.2 Å². The number of amides is 2. The van der Waals surface area contributed by atoms with Crippen LogP contribution < -0.4 is 10.6 Å². The zero-order valence-electron chi connectivity index (χ0n) is 21.0. The number of hydrogen-bond acceptors (Lipinski definition) is 4. The maximum Gasteiger partial charge on any atom is 0.408 e. The number of benzene rings is 2. The van der Waals surface area contributed by atoms with Gasteiger partial charge in [0, 0.05) is 12.5 Å². The third-order valence-corrected chi connectivity index (χ3v) is 7.23. The number of fused-ring (bicyclic) bond motifs is 3. The Balaban J connectivity index is 1.66. The third kappa shape index (κ3) is 5.84. The van der Waals surface area contributed by atoms with Crippen LogP contribution in [-0.2, 0) is 14.3 Å². The average molecular weight is 481 g/mol. The second-order valence-electron chi connectivity index (χ2n) is 9.55. The van der Waals surface area contributed by atoms with E-state index in [1.807, 2.05) is 52.0 Å². The number of ether oxygens (including phenoxy) is 1. The molecule has 0 heterocycles. The van der Waals surface area contributed by atoms with E-state index in [1.54, 1.807) is 0 Å². The van der Waals surface area contributed by atoms with Crippen LogP contribution in [0.3, 0.4) is 0 Å². The van der Waals surface area contributed by atoms with E-state index in [-0.39, 0.29) is 43.2 Å². The lowest BCUT2D eigenvalue weighted by molar-refractivity contribution is -0.139. The van der Waals surface area contributed by atoms with Crippen molar-refractivity contribution in [3.05, 3.63) is 59.7 Å². The van der Waals surface area contributed by atoms with E-state index in [4.69, 9.17) is 9.84 Å². The van der Waals surface area contributed by atoms with E-state index >= 15 is 0 Å². The molecule has 0 saturated heterocycles. The molecule has 188 valence electrons. The molecule has 1 atom stereocenters. The van der Waals surface area contributed by atoms with Crippen molar-refractivity contribution in [1.82, 2.24) is 10.6 Å². The minimum Gasteiger partial charge on any atom is -0.481 e. The normalized spacial score (nSPS) is 13.6. The molecular weight excluding hydrogens is 444 g/mol. The minimum atomic E-state index is -1.13. The average Bonchev–Trinajstić information content (AvgIpc) is 3.17. The minimum absolute atomic E-state index is 0.0248. The van der Waals surface area contributed by atoms with Crippen LogP contribution in [0, 0.1) is 11.8 Å². The van der Waals surface area contributed by atoms with Gasteiger partial charge in [-0.15, -0.1) is 0 Å². The van der Waals surface area contributed by atoms with Gasteiger partial charge in [0.1, 0.15) is 12.1 Å². The zero-order chi connectivity index (χ0) is 25.6. The van der Waals surface area contributed by atoms with Gasteiger partial charge in [-0.25, -0.2) is 4.79 Å². The quantitative estimate of drug-likeness (QED) is 0.422. The molecule has 7 nitrogen and oxygen atoms in total. The largest absolute Gasteiger partial charge is 0.481 e. The predicted octanol–water partition coefficient (Wildman–Crippen LogP) is 4.95. The van der Waals surface area contributed by atoms with Crippen molar-refractivity contribution in [2.75, 3.05) is 13.2 Å². The number of aliphatic carboxylic acids is 1. The maximum absolute atomic E-state index is 13.1. The van der Waals surface area contributed by atoms with Gasteiger partial charge >= 0.3 is 12.1 Å².